The van der Waals surface area contributed by atoms with Crippen LogP contribution in [0.2, 0.25) is 0 Å². The Bertz CT molecular complexity index is 802. The van der Waals surface area contributed by atoms with Crippen molar-refractivity contribution in [1.29, 1.82) is 0 Å². The summed E-state index contributed by atoms with van der Waals surface area (Å²) in [5.41, 5.74) is 2.67. The largest absolute Gasteiger partial charge is 0.504 e. The maximum atomic E-state index is 10.2. The summed E-state index contributed by atoms with van der Waals surface area (Å²) >= 11 is 0. The van der Waals surface area contributed by atoms with Crippen LogP contribution in [-0.4, -0.2) is 5.11 Å². The van der Waals surface area contributed by atoms with Crippen molar-refractivity contribution in [2.45, 2.75) is 12.7 Å². The first-order chi connectivity index (χ1) is 11.2. The van der Waals surface area contributed by atoms with E-state index in [0.717, 1.165) is 16.7 Å². The maximum Gasteiger partial charge on any atom is 0.305 e. The Morgan fingerprint density at radius 2 is 1.35 bits per heavy atom. The minimum Gasteiger partial charge on any atom is -0.504 e. The van der Waals surface area contributed by atoms with Gasteiger partial charge in [-0.3, -0.25) is 0 Å². The van der Waals surface area contributed by atoms with Gasteiger partial charge in [-0.15, -0.1) is 0 Å². The van der Waals surface area contributed by atoms with Gasteiger partial charge in [0.2, 0.25) is 5.75 Å². The number of hydrogen-bond acceptors (Lipinski definition) is 3. The van der Waals surface area contributed by atoms with E-state index in [0.29, 0.717) is 11.5 Å². The summed E-state index contributed by atoms with van der Waals surface area (Å²) in [5, 5.41) is 10.2. The van der Waals surface area contributed by atoms with Gasteiger partial charge in [0, 0.05) is 11.1 Å². The molecule has 0 aromatic heterocycles. The number of hydrogen-bond donors (Lipinski definition) is 1. The van der Waals surface area contributed by atoms with E-state index in [1.165, 1.54) is 0 Å². The predicted octanol–water partition coefficient (Wildman–Crippen LogP) is 4.37. The first-order valence-electron chi connectivity index (χ1n) is 7.52. The van der Waals surface area contributed by atoms with E-state index in [1.54, 1.807) is 6.07 Å². The monoisotopic (exact) mass is 304 g/mol. The van der Waals surface area contributed by atoms with E-state index in [2.05, 4.69) is 0 Å². The molecule has 0 fully saturated rings. The summed E-state index contributed by atoms with van der Waals surface area (Å²) in [6, 6.07) is 23.1. The first kappa shape index (κ1) is 13.7. The molecule has 4 rings (SSSR count). The lowest BCUT2D eigenvalue weighted by molar-refractivity contribution is -0.0467. The van der Waals surface area contributed by atoms with Crippen LogP contribution in [0.25, 0.3) is 0 Å². The average Bonchev–Trinajstić information content (AvgIpc) is 2.98. The van der Waals surface area contributed by atoms with Gasteiger partial charge in [-0.25, -0.2) is 0 Å². The van der Waals surface area contributed by atoms with Crippen molar-refractivity contribution >= 4 is 0 Å². The van der Waals surface area contributed by atoms with Gasteiger partial charge in [-0.05, 0) is 24.6 Å². The molecule has 23 heavy (non-hydrogen) atoms. The molecule has 0 atom stereocenters. The molecule has 0 bridgehead atoms. The second kappa shape index (κ2) is 5.06. The quantitative estimate of drug-likeness (QED) is 0.764. The Balaban J connectivity index is 1.92. The van der Waals surface area contributed by atoms with Crippen LogP contribution in [0, 0.1) is 6.92 Å². The Hall–Kier alpha value is -2.94. The summed E-state index contributed by atoms with van der Waals surface area (Å²) in [6.45, 7) is 1.91. The number of ether oxygens (including phenoxy) is 2. The van der Waals surface area contributed by atoms with E-state index < -0.39 is 5.79 Å². The van der Waals surface area contributed by atoms with Crippen molar-refractivity contribution in [1.82, 2.24) is 0 Å². The molecule has 0 aliphatic carbocycles. The molecule has 1 aliphatic rings. The van der Waals surface area contributed by atoms with Crippen LogP contribution in [0.1, 0.15) is 16.7 Å². The third-order valence-corrected chi connectivity index (χ3v) is 3.99. The van der Waals surface area contributed by atoms with Crippen molar-refractivity contribution in [2.24, 2.45) is 0 Å². The van der Waals surface area contributed by atoms with E-state index in [4.69, 9.17) is 9.47 Å². The standard InChI is InChI=1S/C20H16O3/c1-14-12-17(21)19-18(13-14)22-20(23-19,15-8-4-2-5-9-15)16-10-6-3-7-11-16/h2-13,21H,1H3. The molecule has 1 aliphatic heterocycles. The second-order valence-corrected chi connectivity index (χ2v) is 5.66. The molecule has 1 heterocycles. The van der Waals surface area contributed by atoms with Crippen LogP contribution in [0.4, 0.5) is 0 Å². The smallest absolute Gasteiger partial charge is 0.305 e. The lowest BCUT2D eigenvalue weighted by Gasteiger charge is -2.28. The number of phenolic OH excluding ortho intramolecular Hbond substituents is 1. The van der Waals surface area contributed by atoms with Gasteiger partial charge in [-0.2, -0.15) is 0 Å². The lowest BCUT2D eigenvalue weighted by Crippen LogP contribution is -2.36. The highest BCUT2D eigenvalue weighted by Gasteiger charge is 2.46. The molecule has 0 unspecified atom stereocenters. The van der Waals surface area contributed by atoms with Crippen LogP contribution < -0.4 is 9.47 Å². The molecule has 3 nitrogen and oxygen atoms in total. The van der Waals surface area contributed by atoms with E-state index in [-0.39, 0.29) is 5.75 Å². The van der Waals surface area contributed by atoms with Gasteiger partial charge in [0.05, 0.1) is 0 Å². The highest BCUT2D eigenvalue weighted by molar-refractivity contribution is 5.57. The molecular formula is C20H16O3. The maximum absolute atomic E-state index is 10.2. The van der Waals surface area contributed by atoms with E-state index in [9.17, 15) is 5.11 Å². The Labute approximate surface area is 134 Å². The average molecular weight is 304 g/mol. The van der Waals surface area contributed by atoms with Crippen molar-refractivity contribution in [3.63, 3.8) is 0 Å². The van der Waals surface area contributed by atoms with E-state index >= 15 is 0 Å². The van der Waals surface area contributed by atoms with Crippen LogP contribution >= 0.6 is 0 Å². The number of aromatic hydroxyl groups is 1. The van der Waals surface area contributed by atoms with Gasteiger partial charge in [-0.1, -0.05) is 60.7 Å². The van der Waals surface area contributed by atoms with Gasteiger partial charge < -0.3 is 14.6 Å². The molecule has 3 aromatic rings. The van der Waals surface area contributed by atoms with Crippen molar-refractivity contribution in [3.05, 3.63) is 89.5 Å². The van der Waals surface area contributed by atoms with Crippen LogP contribution in [0.15, 0.2) is 72.8 Å². The lowest BCUT2D eigenvalue weighted by atomic mass is 9.97. The minimum atomic E-state index is -1.09. The van der Waals surface area contributed by atoms with Crippen LogP contribution in [0.5, 0.6) is 17.2 Å². The zero-order valence-corrected chi connectivity index (χ0v) is 12.7. The van der Waals surface area contributed by atoms with Crippen molar-refractivity contribution < 1.29 is 14.6 Å². The highest BCUT2D eigenvalue weighted by Crippen LogP contribution is 2.51. The number of phenols is 1. The normalized spacial score (nSPS) is 14.7. The molecule has 0 spiro atoms. The Morgan fingerprint density at radius 1 is 0.783 bits per heavy atom. The zero-order valence-electron chi connectivity index (χ0n) is 12.7. The third kappa shape index (κ3) is 2.13. The van der Waals surface area contributed by atoms with Crippen LogP contribution in [0.3, 0.4) is 0 Å². The molecule has 0 saturated heterocycles. The summed E-state index contributed by atoms with van der Waals surface area (Å²) in [5.74, 6) is -0.0666. The fourth-order valence-corrected chi connectivity index (χ4v) is 2.94. The van der Waals surface area contributed by atoms with Crippen LogP contribution in [-0.2, 0) is 5.79 Å². The molecular weight excluding hydrogens is 288 g/mol. The van der Waals surface area contributed by atoms with Gasteiger partial charge in [0.1, 0.15) is 0 Å². The van der Waals surface area contributed by atoms with E-state index in [1.807, 2.05) is 73.7 Å². The number of rotatable bonds is 2. The Morgan fingerprint density at radius 3 is 1.91 bits per heavy atom. The molecule has 0 saturated carbocycles. The molecule has 0 radical (unpaired) electrons. The SMILES string of the molecule is Cc1cc(O)c2c(c1)OC(c1ccccc1)(c1ccccc1)O2. The van der Waals surface area contributed by atoms with Gasteiger partial charge in [0.25, 0.3) is 0 Å². The second-order valence-electron chi connectivity index (χ2n) is 5.66. The Kier molecular flexibility index (Phi) is 3.01. The zero-order chi connectivity index (χ0) is 15.9. The molecule has 1 N–H and O–H groups in total. The molecule has 3 heteroatoms. The van der Waals surface area contributed by atoms with Gasteiger partial charge in [0.15, 0.2) is 11.5 Å². The third-order valence-electron chi connectivity index (χ3n) is 3.99. The summed E-state index contributed by atoms with van der Waals surface area (Å²) in [6.07, 6.45) is 0. The van der Waals surface area contributed by atoms with Crippen molar-refractivity contribution in [3.8, 4) is 17.2 Å². The number of fused-ring (bicyclic) bond motifs is 1. The minimum absolute atomic E-state index is 0.0914. The fraction of sp³-hybridized carbons (Fsp3) is 0.100. The summed E-state index contributed by atoms with van der Waals surface area (Å²) in [7, 11) is 0. The van der Waals surface area contributed by atoms with Gasteiger partial charge >= 0.3 is 5.79 Å². The fourth-order valence-electron chi connectivity index (χ4n) is 2.94. The molecule has 114 valence electrons. The summed E-state index contributed by atoms with van der Waals surface area (Å²) < 4.78 is 12.4. The highest BCUT2D eigenvalue weighted by atomic mass is 16.7. The number of benzene rings is 3. The first-order valence-corrected chi connectivity index (χ1v) is 7.52. The van der Waals surface area contributed by atoms with Crippen molar-refractivity contribution in [2.75, 3.05) is 0 Å². The summed E-state index contributed by atoms with van der Waals surface area (Å²) in [4.78, 5) is 0. The predicted molar refractivity (Wildman–Crippen MR) is 87.8 cm³/mol. The number of aryl methyl sites for hydroxylation is 1. The molecule has 3 aromatic carbocycles. The molecule has 0 amide bonds. The topological polar surface area (TPSA) is 38.7 Å².